The van der Waals surface area contributed by atoms with E-state index in [4.69, 9.17) is 15.2 Å². The summed E-state index contributed by atoms with van der Waals surface area (Å²) in [6.45, 7) is 5.21. The Hall–Kier alpha value is -1.22. The second kappa shape index (κ2) is 13.9. The third-order valence-corrected chi connectivity index (χ3v) is 4.79. The number of nitrogens with two attached hydrogens (primary N) is 1. The van der Waals surface area contributed by atoms with Crippen LogP contribution in [0.3, 0.4) is 0 Å². The fraction of sp³-hybridized carbons (Fsp3) is 0.650. The fourth-order valence-electron chi connectivity index (χ4n) is 3.25. The van der Waals surface area contributed by atoms with E-state index in [-0.39, 0.29) is 24.0 Å². The summed E-state index contributed by atoms with van der Waals surface area (Å²) in [6, 6.07) is 5.78. The SMILES string of the molecule is COc1ccc(CN=C(N)NCCCCCN2CCCCC2)cc1OC.I. The van der Waals surface area contributed by atoms with Gasteiger partial charge in [-0.15, -0.1) is 24.0 Å². The number of rotatable bonds is 10. The standard InChI is InChI=1S/C20H34N4O2.HI/c1-25-18-10-9-17(15-19(18)26-2)16-23-20(21)22-11-5-3-6-12-24-13-7-4-8-14-24;/h9-10,15H,3-8,11-14,16H2,1-2H3,(H3,21,22,23);1H. The largest absolute Gasteiger partial charge is 0.493 e. The molecule has 3 N–H and O–H groups in total. The maximum Gasteiger partial charge on any atom is 0.188 e. The minimum Gasteiger partial charge on any atom is -0.493 e. The molecule has 0 saturated carbocycles. The second-order valence-electron chi connectivity index (χ2n) is 6.78. The zero-order valence-corrected chi connectivity index (χ0v) is 19.0. The van der Waals surface area contributed by atoms with Gasteiger partial charge in [-0.25, -0.2) is 4.99 Å². The summed E-state index contributed by atoms with van der Waals surface area (Å²) in [5, 5.41) is 3.20. The number of unbranched alkanes of at least 4 members (excludes halogenated alkanes) is 2. The molecule has 1 heterocycles. The lowest BCUT2D eigenvalue weighted by molar-refractivity contribution is 0.224. The van der Waals surface area contributed by atoms with Gasteiger partial charge in [0.15, 0.2) is 17.5 Å². The number of ether oxygens (including phenoxy) is 2. The smallest absolute Gasteiger partial charge is 0.188 e. The van der Waals surface area contributed by atoms with Crippen LogP contribution in [0.15, 0.2) is 23.2 Å². The number of piperidine rings is 1. The van der Waals surface area contributed by atoms with Crippen molar-refractivity contribution in [3.05, 3.63) is 23.8 Å². The average Bonchev–Trinajstić information content (AvgIpc) is 2.69. The van der Waals surface area contributed by atoms with Crippen molar-refractivity contribution in [2.24, 2.45) is 10.7 Å². The fourth-order valence-corrected chi connectivity index (χ4v) is 3.25. The number of nitrogens with zero attached hydrogens (tertiary/aromatic N) is 2. The molecule has 1 fully saturated rings. The first-order valence-corrected chi connectivity index (χ1v) is 9.70. The molecular weight excluding hydrogens is 455 g/mol. The van der Waals surface area contributed by atoms with Crippen molar-refractivity contribution in [1.82, 2.24) is 10.2 Å². The van der Waals surface area contributed by atoms with Crippen LogP contribution in [0.4, 0.5) is 0 Å². The van der Waals surface area contributed by atoms with Crippen LogP contribution in [-0.4, -0.2) is 51.3 Å². The molecule has 1 aromatic carbocycles. The summed E-state index contributed by atoms with van der Waals surface area (Å²) in [5.74, 6) is 1.92. The number of methoxy groups -OCH3 is 2. The number of benzene rings is 1. The Balaban J connectivity index is 0.00000364. The molecular formula is C20H35IN4O2. The zero-order valence-electron chi connectivity index (χ0n) is 16.7. The van der Waals surface area contributed by atoms with Crippen molar-refractivity contribution in [3.8, 4) is 11.5 Å². The van der Waals surface area contributed by atoms with Gasteiger partial charge >= 0.3 is 0 Å². The number of hydrogen-bond donors (Lipinski definition) is 2. The van der Waals surface area contributed by atoms with Crippen molar-refractivity contribution in [1.29, 1.82) is 0 Å². The number of guanidine groups is 1. The van der Waals surface area contributed by atoms with Crippen molar-refractivity contribution in [2.45, 2.75) is 45.1 Å². The summed E-state index contributed by atoms with van der Waals surface area (Å²) in [4.78, 5) is 6.99. The molecule has 1 aliphatic heterocycles. The number of halogens is 1. The molecule has 7 heteroatoms. The quantitative estimate of drug-likeness (QED) is 0.228. The average molecular weight is 490 g/mol. The van der Waals surface area contributed by atoms with E-state index >= 15 is 0 Å². The van der Waals surface area contributed by atoms with Gasteiger partial charge in [0, 0.05) is 6.54 Å². The summed E-state index contributed by atoms with van der Waals surface area (Å²) < 4.78 is 10.5. The first-order valence-electron chi connectivity index (χ1n) is 9.70. The zero-order chi connectivity index (χ0) is 18.6. The predicted octanol–water partition coefficient (Wildman–Crippen LogP) is 3.38. The third-order valence-electron chi connectivity index (χ3n) is 4.79. The van der Waals surface area contributed by atoms with Gasteiger partial charge in [0.05, 0.1) is 20.8 Å². The molecule has 0 radical (unpaired) electrons. The molecule has 0 aliphatic carbocycles. The maximum absolute atomic E-state index is 5.95. The Kier molecular flexibility index (Phi) is 12.2. The lowest BCUT2D eigenvalue weighted by atomic mass is 10.1. The van der Waals surface area contributed by atoms with Gasteiger partial charge in [-0.1, -0.05) is 18.9 Å². The lowest BCUT2D eigenvalue weighted by Crippen LogP contribution is -2.33. The van der Waals surface area contributed by atoms with E-state index in [1.54, 1.807) is 14.2 Å². The highest BCUT2D eigenvalue weighted by Gasteiger charge is 2.08. The van der Waals surface area contributed by atoms with Gasteiger partial charge in [0.25, 0.3) is 0 Å². The van der Waals surface area contributed by atoms with Gasteiger partial charge in [-0.05, 0) is 63.0 Å². The van der Waals surface area contributed by atoms with Crippen LogP contribution in [0, 0.1) is 0 Å². The van der Waals surface area contributed by atoms with Crippen LogP contribution >= 0.6 is 24.0 Å². The Bertz CT molecular complexity index is 563. The molecule has 154 valence electrons. The van der Waals surface area contributed by atoms with Gasteiger partial charge in [-0.3, -0.25) is 0 Å². The van der Waals surface area contributed by atoms with E-state index < -0.39 is 0 Å². The number of nitrogens with one attached hydrogen (secondary N) is 1. The molecule has 0 amide bonds. The van der Waals surface area contributed by atoms with E-state index in [1.165, 1.54) is 51.7 Å². The third kappa shape index (κ3) is 9.01. The van der Waals surface area contributed by atoms with Crippen molar-refractivity contribution < 1.29 is 9.47 Å². The number of likely N-dealkylation sites (tertiary alicyclic amines) is 1. The van der Waals surface area contributed by atoms with Crippen molar-refractivity contribution in [2.75, 3.05) is 40.4 Å². The molecule has 1 saturated heterocycles. The molecule has 0 bridgehead atoms. The van der Waals surface area contributed by atoms with Crippen LogP contribution in [0.2, 0.25) is 0 Å². The molecule has 1 aromatic rings. The number of hydrogen-bond acceptors (Lipinski definition) is 4. The Morgan fingerprint density at radius 1 is 1.07 bits per heavy atom. The summed E-state index contributed by atoms with van der Waals surface area (Å²) >= 11 is 0. The highest BCUT2D eigenvalue weighted by Crippen LogP contribution is 2.27. The van der Waals surface area contributed by atoms with E-state index in [2.05, 4.69) is 15.2 Å². The van der Waals surface area contributed by atoms with Crippen LogP contribution in [0.1, 0.15) is 44.1 Å². The molecule has 0 atom stereocenters. The Morgan fingerprint density at radius 3 is 2.52 bits per heavy atom. The van der Waals surface area contributed by atoms with Crippen molar-refractivity contribution >= 4 is 29.9 Å². The van der Waals surface area contributed by atoms with Crippen LogP contribution in [-0.2, 0) is 6.54 Å². The minimum absolute atomic E-state index is 0. The van der Waals surface area contributed by atoms with Crippen LogP contribution in [0.5, 0.6) is 11.5 Å². The minimum atomic E-state index is 0. The van der Waals surface area contributed by atoms with E-state index in [1.807, 2.05) is 18.2 Å². The Labute approximate surface area is 180 Å². The summed E-state index contributed by atoms with van der Waals surface area (Å²) in [6.07, 6.45) is 7.77. The molecule has 27 heavy (non-hydrogen) atoms. The van der Waals surface area contributed by atoms with E-state index in [0.29, 0.717) is 18.3 Å². The van der Waals surface area contributed by atoms with E-state index in [0.717, 1.165) is 24.3 Å². The van der Waals surface area contributed by atoms with Gasteiger partial charge in [0.2, 0.25) is 0 Å². The molecule has 0 unspecified atom stereocenters. The molecule has 0 spiro atoms. The van der Waals surface area contributed by atoms with Crippen LogP contribution < -0.4 is 20.5 Å². The highest BCUT2D eigenvalue weighted by atomic mass is 127. The Morgan fingerprint density at radius 2 is 1.81 bits per heavy atom. The first kappa shape index (κ1) is 23.8. The maximum atomic E-state index is 5.95. The summed E-state index contributed by atoms with van der Waals surface area (Å²) in [7, 11) is 3.26. The first-order chi connectivity index (χ1) is 12.7. The lowest BCUT2D eigenvalue weighted by Gasteiger charge is -2.26. The van der Waals surface area contributed by atoms with Gasteiger partial charge in [0.1, 0.15) is 0 Å². The molecule has 2 rings (SSSR count). The van der Waals surface area contributed by atoms with Crippen LogP contribution in [0.25, 0.3) is 0 Å². The molecule has 6 nitrogen and oxygen atoms in total. The molecule has 1 aliphatic rings. The highest BCUT2D eigenvalue weighted by molar-refractivity contribution is 14.0. The number of aliphatic imine (C=N–C) groups is 1. The second-order valence-corrected chi connectivity index (χ2v) is 6.78. The predicted molar refractivity (Wildman–Crippen MR) is 122 cm³/mol. The van der Waals surface area contributed by atoms with Crippen molar-refractivity contribution in [3.63, 3.8) is 0 Å². The van der Waals surface area contributed by atoms with E-state index in [9.17, 15) is 0 Å². The monoisotopic (exact) mass is 490 g/mol. The van der Waals surface area contributed by atoms with Gasteiger partial charge in [-0.2, -0.15) is 0 Å². The molecule has 0 aromatic heterocycles. The normalized spacial score (nSPS) is 15.1. The topological polar surface area (TPSA) is 72.1 Å². The van der Waals surface area contributed by atoms with Gasteiger partial charge < -0.3 is 25.4 Å². The summed E-state index contributed by atoms with van der Waals surface area (Å²) in [5.41, 5.74) is 6.99.